The molecule has 0 bridgehead atoms. The lowest BCUT2D eigenvalue weighted by atomic mass is 9.93. The lowest BCUT2D eigenvalue weighted by Gasteiger charge is -2.25. The Balaban J connectivity index is 1.25. The first-order valence-corrected chi connectivity index (χ1v) is 15.3. The van der Waals surface area contributed by atoms with Gasteiger partial charge >= 0.3 is 0 Å². The number of aromatic nitrogens is 1. The van der Waals surface area contributed by atoms with Crippen molar-refractivity contribution in [3.8, 4) is 5.75 Å². The molecule has 1 fully saturated rings. The Hall–Kier alpha value is -3.74. The summed E-state index contributed by atoms with van der Waals surface area (Å²) in [5.74, 6) is 0.818. The van der Waals surface area contributed by atoms with E-state index in [1.807, 2.05) is 24.3 Å². The molecule has 1 saturated heterocycles. The van der Waals surface area contributed by atoms with Crippen LogP contribution in [0.1, 0.15) is 17.0 Å². The van der Waals surface area contributed by atoms with Gasteiger partial charge in [-0.15, -0.1) is 0 Å². The number of nitrogens with one attached hydrogen (secondary N) is 2. The first-order valence-electron chi connectivity index (χ1n) is 15.3. The number of benzene rings is 2. The molecule has 4 rings (SSSR count). The fourth-order valence-electron chi connectivity index (χ4n) is 5.81. The molecule has 45 heavy (non-hydrogen) atoms. The van der Waals surface area contributed by atoms with Crippen LogP contribution >= 0.6 is 0 Å². The number of ether oxygens (including phenoxy) is 4. The molecule has 0 spiro atoms. The van der Waals surface area contributed by atoms with Crippen LogP contribution < -0.4 is 15.4 Å². The minimum absolute atomic E-state index is 0.0616. The summed E-state index contributed by atoms with van der Waals surface area (Å²) in [6.07, 6.45) is 3.45. The number of hydrogen-bond donors (Lipinski definition) is 2. The lowest BCUT2D eigenvalue weighted by molar-refractivity contribution is -0.121. The molecule has 0 radical (unpaired) electrons. The number of carbonyl (C=O) groups is 2. The van der Waals surface area contributed by atoms with Crippen molar-refractivity contribution >= 4 is 28.4 Å². The van der Waals surface area contributed by atoms with E-state index in [9.17, 15) is 9.59 Å². The fourth-order valence-corrected chi connectivity index (χ4v) is 5.81. The number of para-hydroxylation sites is 1. The SMILES string of the molecule is C=CC(=O)NCCOCCOCCOCC(=O)Nc1ccc2c([C@H]3CN(Cc4ccccc4OC)C[C@@H]3N(C)C)cn(C)c2c1. The number of hydrogen-bond acceptors (Lipinski definition) is 8. The van der Waals surface area contributed by atoms with Gasteiger partial charge in [-0.25, -0.2) is 0 Å². The van der Waals surface area contributed by atoms with E-state index < -0.39 is 0 Å². The monoisotopic (exact) mass is 621 g/mol. The summed E-state index contributed by atoms with van der Waals surface area (Å²) in [7, 11) is 8.09. The highest BCUT2D eigenvalue weighted by atomic mass is 16.5. The van der Waals surface area contributed by atoms with E-state index in [4.69, 9.17) is 18.9 Å². The second-order valence-electron chi connectivity index (χ2n) is 11.4. The number of aryl methyl sites for hydroxylation is 1. The maximum atomic E-state index is 12.5. The molecule has 11 nitrogen and oxygen atoms in total. The van der Waals surface area contributed by atoms with Crippen molar-refractivity contribution in [1.82, 2.24) is 19.7 Å². The Morgan fingerprint density at radius 1 is 1.02 bits per heavy atom. The molecule has 1 aliphatic heterocycles. The van der Waals surface area contributed by atoms with E-state index >= 15 is 0 Å². The van der Waals surface area contributed by atoms with Crippen LogP contribution in [0.15, 0.2) is 61.3 Å². The molecular weight excluding hydrogens is 574 g/mol. The van der Waals surface area contributed by atoms with E-state index in [-0.39, 0.29) is 18.4 Å². The van der Waals surface area contributed by atoms with Gasteiger partial charge in [-0.2, -0.15) is 0 Å². The highest BCUT2D eigenvalue weighted by Crippen LogP contribution is 2.37. The number of amides is 2. The van der Waals surface area contributed by atoms with Gasteiger partial charge in [-0.3, -0.25) is 14.5 Å². The number of fused-ring (bicyclic) bond motifs is 1. The molecule has 2 atom stereocenters. The Morgan fingerprint density at radius 2 is 1.76 bits per heavy atom. The van der Waals surface area contributed by atoms with Gasteiger partial charge in [0.25, 0.3) is 0 Å². The zero-order valence-corrected chi connectivity index (χ0v) is 26.9. The third-order valence-corrected chi connectivity index (χ3v) is 8.03. The van der Waals surface area contributed by atoms with Crippen molar-refractivity contribution in [2.45, 2.75) is 18.5 Å². The number of methoxy groups -OCH3 is 1. The molecule has 2 amide bonds. The number of anilines is 1. The molecule has 1 aliphatic rings. The summed E-state index contributed by atoms with van der Waals surface area (Å²) < 4.78 is 24.1. The summed E-state index contributed by atoms with van der Waals surface area (Å²) in [5, 5.41) is 6.78. The molecule has 0 aliphatic carbocycles. The van der Waals surface area contributed by atoms with Gasteiger partial charge in [0, 0.05) is 68.0 Å². The third kappa shape index (κ3) is 9.62. The summed E-state index contributed by atoms with van der Waals surface area (Å²) in [6, 6.07) is 14.7. The topological polar surface area (TPSA) is 107 Å². The van der Waals surface area contributed by atoms with Crippen LogP contribution in [-0.2, 0) is 37.4 Å². The second kappa shape index (κ2) is 17.1. The molecule has 0 saturated carbocycles. The van der Waals surface area contributed by atoms with Gasteiger partial charge in [0.05, 0.1) is 45.7 Å². The van der Waals surface area contributed by atoms with Crippen molar-refractivity contribution in [3.63, 3.8) is 0 Å². The largest absolute Gasteiger partial charge is 0.496 e. The summed E-state index contributed by atoms with van der Waals surface area (Å²) in [5.41, 5.74) is 4.32. The minimum atomic E-state index is -0.225. The molecule has 2 N–H and O–H groups in total. The summed E-state index contributed by atoms with van der Waals surface area (Å²) >= 11 is 0. The normalized spacial score (nSPS) is 16.7. The summed E-state index contributed by atoms with van der Waals surface area (Å²) in [6.45, 7) is 8.36. The molecule has 2 heterocycles. The van der Waals surface area contributed by atoms with Crippen LogP contribution in [0, 0.1) is 0 Å². The first-order chi connectivity index (χ1) is 21.8. The van der Waals surface area contributed by atoms with Crippen LogP contribution in [0.2, 0.25) is 0 Å². The van der Waals surface area contributed by atoms with Gasteiger partial charge < -0.3 is 39.0 Å². The first kappa shape index (κ1) is 34.1. The van der Waals surface area contributed by atoms with Gasteiger partial charge in [0.2, 0.25) is 11.8 Å². The smallest absolute Gasteiger partial charge is 0.250 e. The van der Waals surface area contributed by atoms with E-state index in [1.165, 1.54) is 22.6 Å². The Bertz CT molecular complexity index is 1420. The van der Waals surface area contributed by atoms with E-state index in [2.05, 4.69) is 77.1 Å². The Labute approximate surface area is 266 Å². The van der Waals surface area contributed by atoms with Gasteiger partial charge in [0.1, 0.15) is 12.4 Å². The third-order valence-electron chi connectivity index (χ3n) is 8.03. The highest BCUT2D eigenvalue weighted by molar-refractivity contribution is 5.95. The lowest BCUT2D eigenvalue weighted by Crippen LogP contribution is -2.34. The number of rotatable bonds is 18. The zero-order valence-electron chi connectivity index (χ0n) is 26.9. The van der Waals surface area contributed by atoms with Gasteiger partial charge in [-0.05, 0) is 43.9 Å². The van der Waals surface area contributed by atoms with Crippen LogP contribution in [0.4, 0.5) is 5.69 Å². The predicted molar refractivity (Wildman–Crippen MR) is 176 cm³/mol. The van der Waals surface area contributed by atoms with Crippen LogP contribution in [0.3, 0.4) is 0 Å². The fraction of sp³-hybridized carbons (Fsp3) is 0.471. The molecule has 2 aromatic carbocycles. The standard InChI is InChI=1S/C34H47N5O6/c1-6-33(40)35-13-14-43-15-16-44-17-18-45-24-34(41)36-26-11-12-27-28(21-38(4)30(27)19-26)29-22-39(23-31(29)37(2)3)20-25-9-7-8-10-32(25)42-5/h6-12,19,21,29,31H,1,13-18,20,22-24H2,2-5H3,(H,35,40)(H,36,41)/t29-,31+/m1/s1. The Kier molecular flexibility index (Phi) is 13.0. The van der Waals surface area contributed by atoms with Crippen molar-refractivity contribution in [1.29, 1.82) is 0 Å². The van der Waals surface area contributed by atoms with Gasteiger partial charge in [0.15, 0.2) is 0 Å². The molecule has 3 aromatic rings. The average Bonchev–Trinajstić information content (AvgIpc) is 3.60. The van der Waals surface area contributed by atoms with Crippen molar-refractivity contribution < 1.29 is 28.5 Å². The maximum Gasteiger partial charge on any atom is 0.250 e. The molecule has 1 aromatic heterocycles. The zero-order chi connectivity index (χ0) is 32.2. The number of likely N-dealkylation sites (N-methyl/N-ethyl adjacent to an activating group) is 1. The Morgan fingerprint density at radius 3 is 2.49 bits per heavy atom. The summed E-state index contributed by atoms with van der Waals surface area (Å²) in [4.78, 5) is 28.4. The van der Waals surface area contributed by atoms with Crippen LogP contribution in [-0.4, -0.2) is 113 Å². The van der Waals surface area contributed by atoms with E-state index in [0.717, 1.165) is 36.6 Å². The van der Waals surface area contributed by atoms with Crippen molar-refractivity contribution in [2.24, 2.45) is 7.05 Å². The van der Waals surface area contributed by atoms with Gasteiger partial charge in [-0.1, -0.05) is 30.8 Å². The number of nitrogens with zero attached hydrogens (tertiary/aromatic N) is 3. The molecule has 11 heteroatoms. The number of likely N-dealkylation sites (tertiary alicyclic amines) is 1. The molecular formula is C34H47N5O6. The molecule has 244 valence electrons. The second-order valence-corrected chi connectivity index (χ2v) is 11.4. The van der Waals surface area contributed by atoms with E-state index in [0.29, 0.717) is 51.5 Å². The molecule has 0 unspecified atom stereocenters. The number of carbonyl (C=O) groups excluding carboxylic acids is 2. The highest BCUT2D eigenvalue weighted by Gasteiger charge is 2.37. The van der Waals surface area contributed by atoms with Crippen molar-refractivity contribution in [3.05, 3.63) is 72.4 Å². The minimum Gasteiger partial charge on any atom is -0.496 e. The van der Waals surface area contributed by atoms with E-state index in [1.54, 1.807) is 7.11 Å². The predicted octanol–water partition coefficient (Wildman–Crippen LogP) is 3.01. The quantitative estimate of drug-likeness (QED) is 0.165. The van der Waals surface area contributed by atoms with Crippen molar-refractivity contribution in [2.75, 3.05) is 85.8 Å². The van der Waals surface area contributed by atoms with Crippen LogP contribution in [0.25, 0.3) is 10.9 Å². The maximum absolute atomic E-state index is 12.5. The van der Waals surface area contributed by atoms with Crippen LogP contribution in [0.5, 0.6) is 5.75 Å². The average molecular weight is 622 g/mol.